The van der Waals surface area contributed by atoms with Gasteiger partial charge in [0.25, 0.3) is 0 Å². The van der Waals surface area contributed by atoms with Crippen LogP contribution in [0.15, 0.2) is 0 Å². The van der Waals surface area contributed by atoms with E-state index < -0.39 is 0 Å². The highest BCUT2D eigenvalue weighted by Crippen LogP contribution is 2.41. The molecule has 0 heterocycles. The summed E-state index contributed by atoms with van der Waals surface area (Å²) in [6, 6.07) is 2.10. The van der Waals surface area contributed by atoms with E-state index in [9.17, 15) is 4.79 Å². The van der Waals surface area contributed by atoms with Gasteiger partial charge >= 0.3 is 0 Å². The molecule has 0 aliphatic heterocycles. The average Bonchev–Trinajstić information content (AvgIpc) is 1.82. The predicted molar refractivity (Wildman–Crippen MR) is 32.5 cm³/mol. The lowest BCUT2D eigenvalue weighted by Gasteiger charge is -2.37. The third-order valence-corrected chi connectivity index (χ3v) is 2.14. The zero-order chi connectivity index (χ0) is 7.07. The molecule has 1 aliphatic carbocycles. The maximum atomic E-state index is 10.8. The molecule has 0 aromatic rings. The van der Waals surface area contributed by atoms with Crippen LogP contribution in [0.4, 0.5) is 0 Å². The van der Waals surface area contributed by atoms with Crippen molar-refractivity contribution in [2.45, 2.75) is 20.3 Å². The quantitative estimate of drug-likeness (QED) is 0.484. The summed E-state index contributed by atoms with van der Waals surface area (Å²) in [6.45, 7) is 3.65. The average molecular weight is 123 g/mol. The number of carbonyl (C=O) groups is 1. The Kier molecular flexibility index (Phi) is 1.10. The minimum absolute atomic E-state index is 0.0370. The fraction of sp³-hybridized carbons (Fsp3) is 0.714. The molecule has 0 spiro atoms. The van der Waals surface area contributed by atoms with Gasteiger partial charge in [-0.1, -0.05) is 13.8 Å². The summed E-state index contributed by atoms with van der Waals surface area (Å²) in [5.41, 5.74) is -0.352. The highest BCUT2D eigenvalue weighted by atomic mass is 16.1. The summed E-state index contributed by atoms with van der Waals surface area (Å²) >= 11 is 0. The van der Waals surface area contributed by atoms with Crippen LogP contribution in [0.5, 0.6) is 0 Å². The Morgan fingerprint density at radius 1 is 1.78 bits per heavy atom. The molecular formula is C7H9NO. The third-order valence-electron chi connectivity index (χ3n) is 2.14. The zero-order valence-electron chi connectivity index (χ0n) is 5.64. The van der Waals surface area contributed by atoms with Crippen LogP contribution in [-0.2, 0) is 4.79 Å². The van der Waals surface area contributed by atoms with Gasteiger partial charge in [-0.05, 0) is 0 Å². The minimum Gasteiger partial charge on any atom is -0.299 e. The number of nitriles is 1. The first-order chi connectivity index (χ1) is 4.09. The summed E-state index contributed by atoms with van der Waals surface area (Å²) in [7, 11) is 0. The highest BCUT2D eigenvalue weighted by Gasteiger charge is 2.47. The van der Waals surface area contributed by atoms with Crippen molar-refractivity contribution in [1.29, 1.82) is 5.26 Å². The van der Waals surface area contributed by atoms with E-state index in [0.717, 1.165) is 0 Å². The van der Waals surface area contributed by atoms with Crippen LogP contribution >= 0.6 is 0 Å². The van der Waals surface area contributed by atoms with Crippen LogP contribution in [-0.4, -0.2) is 5.78 Å². The Morgan fingerprint density at radius 3 is 2.44 bits per heavy atom. The van der Waals surface area contributed by atoms with Gasteiger partial charge < -0.3 is 0 Å². The van der Waals surface area contributed by atoms with E-state index in [-0.39, 0.29) is 17.1 Å². The van der Waals surface area contributed by atoms with Gasteiger partial charge in [0, 0.05) is 11.8 Å². The maximum Gasteiger partial charge on any atom is 0.141 e. The summed E-state index contributed by atoms with van der Waals surface area (Å²) in [5.74, 6) is 0.180. The van der Waals surface area contributed by atoms with Crippen molar-refractivity contribution >= 4 is 5.78 Å². The van der Waals surface area contributed by atoms with E-state index in [2.05, 4.69) is 6.07 Å². The fourth-order valence-electron chi connectivity index (χ4n) is 0.974. The van der Waals surface area contributed by atoms with Crippen LogP contribution in [0.2, 0.25) is 0 Å². The Balaban J connectivity index is 2.72. The molecule has 1 atom stereocenters. The van der Waals surface area contributed by atoms with Gasteiger partial charge in [-0.15, -0.1) is 0 Å². The molecule has 0 aromatic carbocycles. The second-order valence-corrected chi connectivity index (χ2v) is 3.03. The number of hydrogen-bond donors (Lipinski definition) is 0. The van der Waals surface area contributed by atoms with E-state index in [4.69, 9.17) is 5.26 Å². The lowest BCUT2D eigenvalue weighted by atomic mass is 9.62. The van der Waals surface area contributed by atoms with Gasteiger partial charge in [0.2, 0.25) is 0 Å². The number of hydrogen-bond acceptors (Lipinski definition) is 2. The summed E-state index contributed by atoms with van der Waals surface area (Å²) in [4.78, 5) is 10.8. The normalized spacial score (nSPS) is 30.8. The molecule has 1 saturated carbocycles. The van der Waals surface area contributed by atoms with Crippen LogP contribution in [0.25, 0.3) is 0 Å². The lowest BCUT2D eigenvalue weighted by molar-refractivity contribution is -0.139. The predicted octanol–water partition coefficient (Wildman–Crippen LogP) is 1.13. The molecule has 1 unspecified atom stereocenters. The number of rotatable bonds is 0. The molecule has 1 fully saturated rings. The molecule has 0 aromatic heterocycles. The second-order valence-electron chi connectivity index (χ2n) is 3.03. The van der Waals surface area contributed by atoms with Gasteiger partial charge in [0.1, 0.15) is 5.78 Å². The van der Waals surface area contributed by atoms with Gasteiger partial charge in [-0.2, -0.15) is 5.26 Å². The number of ketones is 1. The number of carbonyl (C=O) groups excluding carboxylic acids is 1. The number of nitrogens with zero attached hydrogens (tertiary/aromatic N) is 1. The first-order valence-corrected chi connectivity index (χ1v) is 3.02. The summed E-state index contributed by atoms with van der Waals surface area (Å²) < 4.78 is 0. The smallest absolute Gasteiger partial charge is 0.141 e. The van der Waals surface area contributed by atoms with E-state index in [0.29, 0.717) is 6.42 Å². The highest BCUT2D eigenvalue weighted by molar-refractivity contribution is 5.91. The van der Waals surface area contributed by atoms with E-state index in [1.54, 1.807) is 0 Å². The third kappa shape index (κ3) is 0.647. The van der Waals surface area contributed by atoms with Crippen molar-refractivity contribution < 1.29 is 4.79 Å². The molecule has 0 N–H and O–H groups in total. The van der Waals surface area contributed by atoms with E-state index >= 15 is 0 Å². The van der Waals surface area contributed by atoms with Crippen molar-refractivity contribution in [2.75, 3.05) is 0 Å². The first kappa shape index (κ1) is 6.28. The molecular weight excluding hydrogens is 114 g/mol. The van der Waals surface area contributed by atoms with E-state index in [1.807, 2.05) is 13.8 Å². The van der Waals surface area contributed by atoms with Crippen LogP contribution in [0.3, 0.4) is 0 Å². The minimum atomic E-state index is -0.352. The zero-order valence-corrected chi connectivity index (χ0v) is 5.64. The number of Topliss-reactive ketones (excluding diaryl/α,β-unsaturated/α-hetero) is 1. The Morgan fingerprint density at radius 2 is 2.33 bits per heavy atom. The fourth-order valence-corrected chi connectivity index (χ4v) is 0.974. The molecule has 0 amide bonds. The largest absolute Gasteiger partial charge is 0.299 e. The molecule has 1 rings (SSSR count). The van der Waals surface area contributed by atoms with Crippen LogP contribution < -0.4 is 0 Å². The molecule has 48 valence electrons. The molecule has 0 bridgehead atoms. The van der Waals surface area contributed by atoms with Crippen LogP contribution in [0, 0.1) is 22.7 Å². The molecule has 1 aliphatic rings. The van der Waals surface area contributed by atoms with Crippen LogP contribution in [0.1, 0.15) is 20.3 Å². The maximum absolute atomic E-state index is 10.8. The molecule has 2 heteroatoms. The second kappa shape index (κ2) is 1.57. The molecule has 2 nitrogen and oxygen atoms in total. The van der Waals surface area contributed by atoms with Gasteiger partial charge in [0.15, 0.2) is 0 Å². The van der Waals surface area contributed by atoms with Crippen molar-refractivity contribution in [3.05, 3.63) is 0 Å². The van der Waals surface area contributed by atoms with Crippen molar-refractivity contribution in [3.8, 4) is 6.07 Å². The Hall–Kier alpha value is -0.840. The van der Waals surface area contributed by atoms with Crippen molar-refractivity contribution in [3.63, 3.8) is 0 Å². The van der Waals surface area contributed by atoms with E-state index in [1.165, 1.54) is 0 Å². The molecule has 0 saturated heterocycles. The van der Waals surface area contributed by atoms with Gasteiger partial charge in [0.05, 0.1) is 12.0 Å². The SMILES string of the molecule is CC1(C)C(=O)CC1C#N. The van der Waals surface area contributed by atoms with Crippen molar-refractivity contribution in [1.82, 2.24) is 0 Å². The lowest BCUT2D eigenvalue weighted by Crippen LogP contribution is -2.44. The summed E-state index contributed by atoms with van der Waals surface area (Å²) in [6.07, 6.45) is 0.462. The Bertz CT molecular complexity index is 188. The Labute approximate surface area is 54.5 Å². The topological polar surface area (TPSA) is 40.9 Å². The van der Waals surface area contributed by atoms with Gasteiger partial charge in [-0.25, -0.2) is 0 Å². The van der Waals surface area contributed by atoms with Gasteiger partial charge in [-0.3, -0.25) is 4.79 Å². The molecule has 0 radical (unpaired) electrons. The monoisotopic (exact) mass is 123 g/mol. The standard InChI is InChI=1S/C7H9NO/c1-7(2)5(4-8)3-6(7)9/h5H,3H2,1-2H3. The van der Waals surface area contributed by atoms with Crippen molar-refractivity contribution in [2.24, 2.45) is 11.3 Å². The first-order valence-electron chi connectivity index (χ1n) is 3.02. The molecule has 9 heavy (non-hydrogen) atoms. The summed E-state index contributed by atoms with van der Waals surface area (Å²) in [5, 5.41) is 8.44.